The van der Waals surface area contributed by atoms with Gasteiger partial charge in [-0.3, -0.25) is 14.9 Å². The molecule has 0 spiro atoms. The number of hydrogen-bond donors (Lipinski definition) is 1. The molecule has 128 valence electrons. The van der Waals surface area contributed by atoms with E-state index in [0.717, 1.165) is 0 Å². The van der Waals surface area contributed by atoms with E-state index in [2.05, 4.69) is 0 Å². The zero-order chi connectivity index (χ0) is 18.4. The molecular formula is C18H17N3O4. The van der Waals surface area contributed by atoms with Gasteiger partial charge in [0, 0.05) is 30.5 Å². The van der Waals surface area contributed by atoms with Crippen molar-refractivity contribution in [3.05, 3.63) is 62.5 Å². The Bertz CT molecular complexity index is 890. The number of Topliss-reactive ketones (excluding diaryl/α,β-unsaturated/α-hetero) is 1. The van der Waals surface area contributed by atoms with Gasteiger partial charge in [-0.25, -0.2) is 0 Å². The van der Waals surface area contributed by atoms with E-state index < -0.39 is 11.0 Å². The van der Waals surface area contributed by atoms with Crippen molar-refractivity contribution >= 4 is 11.5 Å². The number of ether oxygens (including phenoxy) is 1. The van der Waals surface area contributed by atoms with Crippen LogP contribution in [-0.4, -0.2) is 10.7 Å². The molecule has 0 saturated carbocycles. The van der Waals surface area contributed by atoms with Gasteiger partial charge in [0.25, 0.3) is 5.69 Å². The van der Waals surface area contributed by atoms with Gasteiger partial charge in [-0.15, -0.1) is 0 Å². The molecule has 1 aromatic rings. The minimum atomic E-state index is -0.856. The molecular weight excluding hydrogens is 322 g/mol. The first kappa shape index (κ1) is 16.7. The quantitative estimate of drug-likeness (QED) is 0.653. The van der Waals surface area contributed by atoms with Crippen LogP contribution in [0.2, 0.25) is 0 Å². The van der Waals surface area contributed by atoms with E-state index in [1.54, 1.807) is 6.07 Å². The van der Waals surface area contributed by atoms with Crippen LogP contribution >= 0.6 is 0 Å². The number of hydrogen-bond acceptors (Lipinski definition) is 6. The third-order valence-electron chi connectivity index (χ3n) is 4.42. The van der Waals surface area contributed by atoms with Crippen LogP contribution in [0.25, 0.3) is 0 Å². The van der Waals surface area contributed by atoms with Crippen molar-refractivity contribution in [2.45, 2.75) is 32.8 Å². The predicted octanol–water partition coefficient (Wildman–Crippen LogP) is 3.05. The second-order valence-electron chi connectivity index (χ2n) is 7.03. The highest BCUT2D eigenvalue weighted by atomic mass is 16.6. The van der Waals surface area contributed by atoms with Crippen LogP contribution in [0.1, 0.15) is 38.4 Å². The average molecular weight is 339 g/mol. The molecule has 7 nitrogen and oxygen atoms in total. The first-order chi connectivity index (χ1) is 11.7. The number of nitrogens with two attached hydrogens (primary N) is 1. The number of nitriles is 1. The maximum Gasteiger partial charge on any atom is 0.269 e. The molecule has 0 unspecified atom stereocenters. The summed E-state index contributed by atoms with van der Waals surface area (Å²) in [5.41, 5.74) is 6.69. The van der Waals surface area contributed by atoms with Crippen LogP contribution in [0.3, 0.4) is 0 Å². The number of carbonyl (C=O) groups excluding carboxylic acids is 1. The Labute approximate surface area is 144 Å². The Morgan fingerprint density at radius 2 is 2.12 bits per heavy atom. The molecule has 25 heavy (non-hydrogen) atoms. The number of carbonyl (C=O) groups is 1. The smallest absolute Gasteiger partial charge is 0.269 e. The van der Waals surface area contributed by atoms with Crippen molar-refractivity contribution < 1.29 is 14.5 Å². The van der Waals surface area contributed by atoms with Crippen LogP contribution in [0.5, 0.6) is 0 Å². The molecule has 1 aliphatic carbocycles. The molecule has 0 saturated heterocycles. The standard InChI is InChI=1S/C18H17N3O4/c1-18(2)7-13(22)15-14(8-18)25-17(12(9-19)16(15)20)10-4-3-5-11(6-10)21(23)24/h3-6,17H,7-8,20H2,1-2H3/t17-/m0/s1. The lowest BCUT2D eigenvalue weighted by atomic mass is 9.74. The Kier molecular flexibility index (Phi) is 3.84. The highest BCUT2D eigenvalue weighted by Gasteiger charge is 2.41. The summed E-state index contributed by atoms with van der Waals surface area (Å²) in [6.45, 7) is 3.92. The number of nitrogens with zero attached hydrogens (tertiary/aromatic N) is 2. The zero-order valence-corrected chi connectivity index (χ0v) is 13.9. The molecule has 1 atom stereocenters. The van der Waals surface area contributed by atoms with Gasteiger partial charge in [0.1, 0.15) is 11.8 Å². The molecule has 0 bridgehead atoms. The lowest BCUT2D eigenvalue weighted by Crippen LogP contribution is -2.33. The van der Waals surface area contributed by atoms with Crippen LogP contribution in [0, 0.1) is 26.9 Å². The van der Waals surface area contributed by atoms with Gasteiger partial charge in [0.15, 0.2) is 11.9 Å². The number of nitro benzene ring substituents is 1. The van der Waals surface area contributed by atoms with Crippen LogP contribution in [0.4, 0.5) is 5.69 Å². The molecule has 7 heteroatoms. The summed E-state index contributed by atoms with van der Waals surface area (Å²) in [5.74, 6) is 0.309. The van der Waals surface area contributed by atoms with E-state index in [4.69, 9.17) is 10.5 Å². The Morgan fingerprint density at radius 3 is 2.76 bits per heavy atom. The largest absolute Gasteiger partial charge is 0.484 e. The van der Waals surface area contributed by atoms with E-state index in [0.29, 0.717) is 24.2 Å². The molecule has 2 aliphatic rings. The maximum atomic E-state index is 12.5. The van der Waals surface area contributed by atoms with Gasteiger partial charge >= 0.3 is 0 Å². The van der Waals surface area contributed by atoms with Crippen LogP contribution in [-0.2, 0) is 9.53 Å². The lowest BCUT2D eigenvalue weighted by molar-refractivity contribution is -0.385. The van der Waals surface area contributed by atoms with Crippen molar-refractivity contribution in [3.8, 4) is 6.07 Å². The molecule has 1 aromatic carbocycles. The van der Waals surface area contributed by atoms with Crippen molar-refractivity contribution in [2.75, 3.05) is 0 Å². The molecule has 0 amide bonds. The van der Waals surface area contributed by atoms with Gasteiger partial charge in [-0.1, -0.05) is 26.0 Å². The van der Waals surface area contributed by atoms with Gasteiger partial charge < -0.3 is 10.5 Å². The van der Waals surface area contributed by atoms with Gasteiger partial charge in [0.2, 0.25) is 0 Å². The fourth-order valence-electron chi connectivity index (χ4n) is 3.30. The summed E-state index contributed by atoms with van der Waals surface area (Å²) in [7, 11) is 0. The van der Waals surface area contributed by atoms with Crippen LogP contribution in [0.15, 0.2) is 46.9 Å². The number of non-ortho nitro benzene ring substituents is 1. The first-order valence-electron chi connectivity index (χ1n) is 7.81. The topological polar surface area (TPSA) is 119 Å². The van der Waals surface area contributed by atoms with Gasteiger partial charge in [-0.2, -0.15) is 5.26 Å². The second kappa shape index (κ2) is 5.74. The number of rotatable bonds is 2. The Balaban J connectivity index is 2.10. The number of allylic oxidation sites excluding steroid dienone is 2. The minimum absolute atomic E-state index is 0.100. The highest BCUT2D eigenvalue weighted by Crippen LogP contribution is 2.46. The molecule has 0 radical (unpaired) electrons. The van der Waals surface area contributed by atoms with E-state index >= 15 is 0 Å². The number of benzene rings is 1. The fraction of sp³-hybridized carbons (Fsp3) is 0.333. The van der Waals surface area contributed by atoms with Crippen molar-refractivity contribution in [2.24, 2.45) is 11.1 Å². The van der Waals surface area contributed by atoms with Crippen molar-refractivity contribution in [3.63, 3.8) is 0 Å². The molecule has 1 heterocycles. The molecule has 2 N–H and O–H groups in total. The van der Waals surface area contributed by atoms with Crippen molar-refractivity contribution in [1.29, 1.82) is 5.26 Å². The highest BCUT2D eigenvalue weighted by molar-refractivity contribution is 6.01. The average Bonchev–Trinajstić information content (AvgIpc) is 2.53. The lowest BCUT2D eigenvalue weighted by Gasteiger charge is -2.37. The molecule has 0 aromatic heterocycles. The first-order valence-corrected chi connectivity index (χ1v) is 7.81. The summed E-state index contributed by atoms with van der Waals surface area (Å²) in [6.07, 6.45) is -0.0139. The summed E-state index contributed by atoms with van der Waals surface area (Å²) < 4.78 is 5.97. The van der Waals surface area contributed by atoms with Gasteiger partial charge in [-0.05, 0) is 5.41 Å². The monoisotopic (exact) mass is 339 g/mol. The summed E-state index contributed by atoms with van der Waals surface area (Å²) in [4.78, 5) is 23.0. The second-order valence-corrected chi connectivity index (χ2v) is 7.03. The Morgan fingerprint density at radius 1 is 1.40 bits per heavy atom. The summed E-state index contributed by atoms with van der Waals surface area (Å²) in [5, 5.41) is 20.5. The van der Waals surface area contributed by atoms with E-state index in [1.807, 2.05) is 19.9 Å². The van der Waals surface area contributed by atoms with E-state index in [1.165, 1.54) is 18.2 Å². The SMILES string of the molecule is CC1(C)CC(=O)C2=C(C1)O[C@@H](c1cccc([N+](=O)[O-])c1)C(C#N)=C2N. The fourth-order valence-corrected chi connectivity index (χ4v) is 3.30. The van der Waals surface area contributed by atoms with E-state index in [9.17, 15) is 20.2 Å². The third kappa shape index (κ3) is 2.87. The Hall–Kier alpha value is -3.14. The normalized spacial score (nSPS) is 22.1. The summed E-state index contributed by atoms with van der Waals surface area (Å²) in [6, 6.07) is 7.89. The van der Waals surface area contributed by atoms with Crippen molar-refractivity contribution in [1.82, 2.24) is 0 Å². The predicted molar refractivity (Wildman–Crippen MR) is 88.8 cm³/mol. The zero-order valence-electron chi connectivity index (χ0n) is 13.9. The van der Waals surface area contributed by atoms with Gasteiger partial charge in [0.05, 0.1) is 21.8 Å². The molecule has 1 aliphatic heterocycles. The molecule has 3 rings (SSSR count). The maximum absolute atomic E-state index is 12.5. The number of nitro groups is 1. The number of ketones is 1. The third-order valence-corrected chi connectivity index (χ3v) is 4.42. The molecule has 0 fully saturated rings. The van der Waals surface area contributed by atoms with Crippen LogP contribution < -0.4 is 5.73 Å². The minimum Gasteiger partial charge on any atom is -0.484 e. The van der Waals surface area contributed by atoms with E-state index in [-0.39, 0.29) is 33.7 Å². The summed E-state index contributed by atoms with van der Waals surface area (Å²) >= 11 is 0.